The lowest BCUT2D eigenvalue weighted by Crippen LogP contribution is -2.44. The number of rotatable bonds is 0. The number of hydrogen-bond acceptors (Lipinski definition) is 5. The summed E-state index contributed by atoms with van der Waals surface area (Å²) in [6, 6.07) is 0. The second-order valence-corrected chi connectivity index (χ2v) is 4.68. The third kappa shape index (κ3) is 5.41. The molecule has 0 aliphatic carbocycles. The van der Waals surface area contributed by atoms with Crippen molar-refractivity contribution < 1.29 is 28.8 Å². The maximum absolute atomic E-state index is 11.5. The van der Waals surface area contributed by atoms with Crippen molar-refractivity contribution >= 4 is 19.6 Å². The van der Waals surface area contributed by atoms with Crippen LogP contribution in [-0.4, -0.2) is 35.6 Å². The molecule has 10 nitrogen and oxygen atoms in total. The monoisotopic (exact) mass is 308 g/mol. The van der Waals surface area contributed by atoms with Crippen molar-refractivity contribution in [1.82, 2.24) is 9.13 Å². The van der Waals surface area contributed by atoms with Gasteiger partial charge >= 0.3 is 13.5 Å². The van der Waals surface area contributed by atoms with E-state index in [2.05, 4.69) is 0 Å². The van der Waals surface area contributed by atoms with Gasteiger partial charge in [-0.2, -0.15) is 4.57 Å². The van der Waals surface area contributed by atoms with Gasteiger partial charge in [-0.1, -0.05) is 0 Å². The van der Waals surface area contributed by atoms with Crippen LogP contribution in [0.25, 0.3) is 0 Å². The third-order valence-electron chi connectivity index (χ3n) is 1.91. The molecule has 0 aromatic carbocycles. The predicted octanol–water partition coefficient (Wildman–Crippen LogP) is -1.29. The van der Waals surface area contributed by atoms with Gasteiger partial charge in [-0.15, -0.1) is 0 Å². The Labute approximate surface area is 112 Å². The number of aryl methyl sites for hydroxylation is 1. The van der Waals surface area contributed by atoms with E-state index in [-0.39, 0.29) is 5.56 Å². The summed E-state index contributed by atoms with van der Waals surface area (Å²) in [7, 11) is -4.64. The van der Waals surface area contributed by atoms with Gasteiger partial charge in [0, 0.05) is 25.6 Å². The fourth-order valence-corrected chi connectivity index (χ4v) is 1.18. The van der Waals surface area contributed by atoms with Crippen molar-refractivity contribution in [2.75, 3.05) is 0 Å². The first kappa shape index (κ1) is 18.1. The van der Waals surface area contributed by atoms with Crippen LogP contribution < -0.4 is 11.2 Å². The predicted molar refractivity (Wildman–Crippen MR) is 66.6 cm³/mol. The molecule has 0 unspecified atom stereocenters. The van der Waals surface area contributed by atoms with Crippen molar-refractivity contribution in [2.45, 2.75) is 20.8 Å². The van der Waals surface area contributed by atoms with Crippen molar-refractivity contribution in [3.63, 3.8) is 0 Å². The van der Waals surface area contributed by atoms with Gasteiger partial charge in [0.05, 0.1) is 0 Å². The van der Waals surface area contributed by atoms with Gasteiger partial charge in [0.15, 0.2) is 0 Å². The van der Waals surface area contributed by atoms with E-state index in [9.17, 15) is 19.2 Å². The van der Waals surface area contributed by atoms with E-state index in [4.69, 9.17) is 19.2 Å². The molecule has 0 aliphatic heterocycles. The highest BCUT2D eigenvalue weighted by Crippen LogP contribution is 2.25. The summed E-state index contributed by atoms with van der Waals surface area (Å²) in [5.41, 5.74) is -1.45. The Morgan fingerprint density at radius 2 is 1.50 bits per heavy atom. The largest absolute Gasteiger partial charge is 0.466 e. The Bertz CT molecular complexity index is 687. The van der Waals surface area contributed by atoms with Gasteiger partial charge in [-0.25, -0.2) is 13.9 Å². The second-order valence-electron chi connectivity index (χ2n) is 3.66. The van der Waals surface area contributed by atoms with Gasteiger partial charge in [0.1, 0.15) is 0 Å². The molecule has 0 fully saturated rings. The molecule has 0 saturated heterocycles. The van der Waals surface area contributed by atoms with Crippen molar-refractivity contribution in [2.24, 2.45) is 0 Å². The van der Waals surface area contributed by atoms with E-state index in [0.717, 1.165) is 17.7 Å². The fourth-order valence-electron chi connectivity index (χ4n) is 1.18. The summed E-state index contributed by atoms with van der Waals surface area (Å²) in [5.74, 6) is -1.25. The van der Waals surface area contributed by atoms with Crippen LogP contribution >= 0.6 is 7.82 Å². The topological polar surface area (TPSA) is 156 Å². The van der Waals surface area contributed by atoms with Crippen LogP contribution in [0, 0.1) is 6.92 Å². The molecular weight excluding hydrogens is 295 g/mol. The molecule has 112 valence electrons. The normalized spacial score (nSPS) is 10.5. The third-order valence-corrected chi connectivity index (χ3v) is 1.91. The van der Waals surface area contributed by atoms with E-state index in [1.165, 1.54) is 13.8 Å². The standard InChI is InChI=1S/C9H10N2O4.H3O4P/c1-5-4-10(6(2)12)9(15)11(7(3)13)8(5)14;1-5(2,3)4/h4H,1-3H3;(H3,1,2,3,4). The van der Waals surface area contributed by atoms with E-state index >= 15 is 0 Å². The van der Waals surface area contributed by atoms with E-state index < -0.39 is 30.9 Å². The Hall–Kier alpha value is -1.87. The zero-order valence-corrected chi connectivity index (χ0v) is 11.7. The summed E-state index contributed by atoms with van der Waals surface area (Å²) < 4.78 is 10.1. The highest BCUT2D eigenvalue weighted by atomic mass is 31.2. The molecule has 11 heteroatoms. The maximum atomic E-state index is 11.5. The minimum atomic E-state index is -4.64. The first-order chi connectivity index (χ1) is 8.86. The van der Waals surface area contributed by atoms with Gasteiger partial charge in [0.25, 0.3) is 5.56 Å². The zero-order valence-electron chi connectivity index (χ0n) is 10.8. The summed E-state index contributed by atoms with van der Waals surface area (Å²) in [6.45, 7) is 3.70. The fraction of sp³-hybridized carbons (Fsp3) is 0.333. The summed E-state index contributed by atoms with van der Waals surface area (Å²) in [5, 5.41) is 0. The van der Waals surface area contributed by atoms with Gasteiger partial charge in [-0.05, 0) is 6.92 Å². The molecule has 0 radical (unpaired) electrons. The molecule has 1 aromatic heterocycles. The van der Waals surface area contributed by atoms with Crippen LogP contribution in [-0.2, 0) is 4.57 Å². The SMILES string of the molecule is CC(=O)n1cc(C)c(=O)n(C(C)=O)c1=O.O=P(O)(O)O. The molecule has 0 atom stereocenters. The Kier molecular flexibility index (Phi) is 5.92. The molecule has 0 aliphatic rings. The van der Waals surface area contributed by atoms with Crippen LogP contribution in [0.5, 0.6) is 0 Å². The van der Waals surface area contributed by atoms with Gasteiger partial charge in [0.2, 0.25) is 11.8 Å². The molecule has 0 saturated carbocycles. The lowest BCUT2D eigenvalue weighted by atomic mass is 10.3. The number of carbonyl (C=O) groups excluding carboxylic acids is 2. The number of carbonyl (C=O) groups is 2. The van der Waals surface area contributed by atoms with Crippen molar-refractivity contribution in [3.05, 3.63) is 32.6 Å². The molecule has 0 spiro atoms. The minimum absolute atomic E-state index is 0.167. The lowest BCUT2D eigenvalue weighted by molar-refractivity contribution is 0.0906. The minimum Gasteiger partial charge on any atom is -0.303 e. The molecule has 1 heterocycles. The molecule has 1 aromatic rings. The van der Waals surface area contributed by atoms with Crippen molar-refractivity contribution in [1.29, 1.82) is 0 Å². The first-order valence-corrected chi connectivity index (χ1v) is 6.58. The quantitative estimate of drug-likeness (QED) is 0.500. The maximum Gasteiger partial charge on any atom is 0.466 e. The number of aromatic nitrogens is 2. The first-order valence-electron chi connectivity index (χ1n) is 5.01. The molecule has 20 heavy (non-hydrogen) atoms. The molecule has 0 bridgehead atoms. The molecular formula is C9H13N2O8P. The van der Waals surface area contributed by atoms with E-state index in [1.54, 1.807) is 0 Å². The number of hydrogen-bond donors (Lipinski definition) is 3. The van der Waals surface area contributed by atoms with Crippen LogP contribution in [0.2, 0.25) is 0 Å². The van der Waals surface area contributed by atoms with Crippen LogP contribution in [0.4, 0.5) is 0 Å². The van der Waals surface area contributed by atoms with Crippen LogP contribution in [0.15, 0.2) is 15.8 Å². The smallest absolute Gasteiger partial charge is 0.303 e. The Balaban J connectivity index is 0.000000621. The zero-order chi connectivity index (χ0) is 16.2. The summed E-state index contributed by atoms with van der Waals surface area (Å²) >= 11 is 0. The van der Waals surface area contributed by atoms with Gasteiger partial charge in [-0.3, -0.25) is 14.4 Å². The highest BCUT2D eigenvalue weighted by molar-refractivity contribution is 7.45. The Morgan fingerprint density at radius 1 is 1.10 bits per heavy atom. The highest BCUT2D eigenvalue weighted by Gasteiger charge is 2.13. The van der Waals surface area contributed by atoms with E-state index in [0.29, 0.717) is 4.57 Å². The average Bonchev–Trinajstić information content (AvgIpc) is 2.20. The molecule has 1 rings (SSSR count). The number of phosphoric acid groups is 1. The van der Waals surface area contributed by atoms with Crippen molar-refractivity contribution in [3.8, 4) is 0 Å². The second kappa shape index (κ2) is 6.53. The van der Waals surface area contributed by atoms with E-state index in [1.807, 2.05) is 0 Å². The Morgan fingerprint density at radius 3 is 1.80 bits per heavy atom. The van der Waals surface area contributed by atoms with Gasteiger partial charge < -0.3 is 14.7 Å². The summed E-state index contributed by atoms with van der Waals surface area (Å²) in [4.78, 5) is 66.6. The lowest BCUT2D eigenvalue weighted by Gasteiger charge is -2.05. The molecule has 3 N–H and O–H groups in total. The molecule has 0 amide bonds. The number of nitrogens with zero attached hydrogens (tertiary/aromatic N) is 2. The van der Waals surface area contributed by atoms with Crippen LogP contribution in [0.3, 0.4) is 0 Å². The van der Waals surface area contributed by atoms with Crippen LogP contribution in [0.1, 0.15) is 29.0 Å². The average molecular weight is 308 g/mol. The summed E-state index contributed by atoms with van der Waals surface area (Å²) in [6.07, 6.45) is 1.13.